The zero-order chi connectivity index (χ0) is 26.7. The van der Waals surface area contributed by atoms with E-state index in [2.05, 4.69) is 55.1 Å². The molecule has 9 heteroatoms. The Morgan fingerprint density at radius 2 is 2.03 bits per heavy atom. The monoisotopic (exact) mass is 534 g/mol. The summed E-state index contributed by atoms with van der Waals surface area (Å²) in [7, 11) is 1.76. The Balaban J connectivity index is 1.24. The maximum Gasteiger partial charge on any atom is 0.234 e. The van der Waals surface area contributed by atoms with Gasteiger partial charge in [-0.1, -0.05) is 35.9 Å². The Morgan fingerprint density at radius 3 is 2.82 bits per heavy atom. The molecule has 1 aromatic heterocycles. The fraction of sp³-hybridized carbons (Fsp3) is 0.414. The number of likely N-dealkylation sites (tertiary alicyclic amines) is 1. The van der Waals surface area contributed by atoms with Gasteiger partial charge in [0.25, 0.3) is 0 Å². The Hall–Kier alpha value is -3.20. The number of hydrogen-bond acceptors (Lipinski definition) is 7. The number of fused-ring (bicyclic) bond motifs is 1. The van der Waals surface area contributed by atoms with Crippen LogP contribution in [0.4, 0.5) is 23.1 Å². The van der Waals surface area contributed by atoms with Crippen LogP contribution in [0.2, 0.25) is 5.02 Å². The number of nitrogens with one attached hydrogen (secondary N) is 3. The Morgan fingerprint density at radius 1 is 1.21 bits per heavy atom. The van der Waals surface area contributed by atoms with E-state index in [9.17, 15) is 4.79 Å². The van der Waals surface area contributed by atoms with E-state index in [-0.39, 0.29) is 5.91 Å². The average molecular weight is 535 g/mol. The largest absolute Gasteiger partial charge is 0.383 e. The number of piperidine rings is 1. The minimum atomic E-state index is -0.595. The molecule has 0 spiro atoms. The summed E-state index contributed by atoms with van der Waals surface area (Å²) in [5.74, 6) is 1.53. The second-order valence-corrected chi connectivity index (χ2v) is 10.9. The second kappa shape index (κ2) is 11.3. The van der Waals surface area contributed by atoms with Gasteiger partial charge in [0.1, 0.15) is 5.02 Å². The molecule has 0 aliphatic carbocycles. The molecule has 5 rings (SSSR count). The van der Waals surface area contributed by atoms with Crippen molar-refractivity contribution >= 4 is 40.6 Å². The number of rotatable bonds is 9. The molecule has 1 unspecified atom stereocenters. The highest BCUT2D eigenvalue weighted by molar-refractivity contribution is 6.32. The molecule has 3 aromatic rings. The lowest BCUT2D eigenvalue weighted by molar-refractivity contribution is -0.119. The first-order valence-electron chi connectivity index (χ1n) is 13.1. The predicted octanol–water partition coefficient (Wildman–Crippen LogP) is 5.54. The van der Waals surface area contributed by atoms with Gasteiger partial charge < -0.3 is 25.6 Å². The van der Waals surface area contributed by atoms with E-state index in [1.54, 1.807) is 13.3 Å². The lowest BCUT2D eigenvalue weighted by atomic mass is 9.83. The van der Waals surface area contributed by atoms with Crippen molar-refractivity contribution in [2.45, 2.75) is 44.6 Å². The van der Waals surface area contributed by atoms with E-state index >= 15 is 0 Å². The van der Waals surface area contributed by atoms with E-state index in [4.69, 9.17) is 16.3 Å². The summed E-state index contributed by atoms with van der Waals surface area (Å²) in [5.41, 5.74) is 4.55. The summed E-state index contributed by atoms with van der Waals surface area (Å²) in [6.45, 7) is 8.32. The standard InChI is InChI=1S/C29H35ClN6O2/c1-29(2)25-20(6-4-8-24(25)34-27(29)37)16-31-26-23(30)17-32-28(35-26)33-22-11-9-19(10-12-22)21-7-5-13-36(18-21)14-15-38-3/h4,6,8-12,17,21H,5,7,13-16,18H2,1-3H3,(H,34,37)(H2,31,32,33,35). The fourth-order valence-electron chi connectivity index (χ4n) is 5.43. The topological polar surface area (TPSA) is 91.4 Å². The van der Waals surface area contributed by atoms with Crippen LogP contribution in [-0.4, -0.2) is 54.1 Å². The van der Waals surface area contributed by atoms with Crippen LogP contribution in [0.25, 0.3) is 0 Å². The van der Waals surface area contributed by atoms with E-state index in [1.807, 2.05) is 32.0 Å². The number of anilines is 4. The lowest BCUT2D eigenvalue weighted by Gasteiger charge is -2.32. The molecule has 3 N–H and O–H groups in total. The number of nitrogens with zero attached hydrogens (tertiary/aromatic N) is 3. The van der Waals surface area contributed by atoms with Gasteiger partial charge in [0, 0.05) is 38.1 Å². The van der Waals surface area contributed by atoms with Crippen molar-refractivity contribution in [3.05, 3.63) is 70.4 Å². The highest BCUT2D eigenvalue weighted by Crippen LogP contribution is 2.40. The first-order valence-corrected chi connectivity index (χ1v) is 13.5. The van der Waals surface area contributed by atoms with Crippen LogP contribution >= 0.6 is 11.6 Å². The molecule has 2 aromatic carbocycles. The van der Waals surface area contributed by atoms with Crippen molar-refractivity contribution in [3.63, 3.8) is 0 Å². The van der Waals surface area contributed by atoms with Gasteiger partial charge in [0.05, 0.1) is 18.2 Å². The van der Waals surface area contributed by atoms with Crippen LogP contribution < -0.4 is 16.0 Å². The van der Waals surface area contributed by atoms with Crippen LogP contribution in [0.1, 0.15) is 49.3 Å². The van der Waals surface area contributed by atoms with Crippen molar-refractivity contribution in [2.24, 2.45) is 0 Å². The van der Waals surface area contributed by atoms with Crippen molar-refractivity contribution in [1.29, 1.82) is 0 Å². The minimum Gasteiger partial charge on any atom is -0.383 e. The van der Waals surface area contributed by atoms with Gasteiger partial charge in [-0.15, -0.1) is 0 Å². The molecule has 2 aliphatic rings. The molecule has 0 radical (unpaired) electrons. The molecule has 200 valence electrons. The molecular weight excluding hydrogens is 500 g/mol. The average Bonchev–Trinajstić information content (AvgIpc) is 3.16. The maximum absolute atomic E-state index is 12.4. The first-order chi connectivity index (χ1) is 18.3. The first kappa shape index (κ1) is 26.4. The summed E-state index contributed by atoms with van der Waals surface area (Å²) in [6, 6.07) is 14.4. The Labute approximate surface area is 229 Å². The number of amides is 1. The van der Waals surface area contributed by atoms with Crippen molar-refractivity contribution < 1.29 is 9.53 Å². The SMILES string of the molecule is COCCN1CCCC(c2ccc(Nc3ncc(Cl)c(NCc4cccc5c4C(C)(C)C(=O)N5)n3)cc2)C1. The van der Waals surface area contributed by atoms with Gasteiger partial charge >= 0.3 is 0 Å². The molecule has 1 atom stereocenters. The number of ether oxygens (including phenoxy) is 1. The molecular formula is C29H35ClN6O2. The van der Waals surface area contributed by atoms with Gasteiger partial charge in [-0.3, -0.25) is 4.79 Å². The molecule has 1 fully saturated rings. The number of carbonyl (C=O) groups is 1. The lowest BCUT2D eigenvalue weighted by Crippen LogP contribution is -2.36. The predicted molar refractivity (Wildman–Crippen MR) is 152 cm³/mol. The smallest absolute Gasteiger partial charge is 0.234 e. The summed E-state index contributed by atoms with van der Waals surface area (Å²) in [5, 5.41) is 10.0. The second-order valence-electron chi connectivity index (χ2n) is 10.5. The van der Waals surface area contributed by atoms with Gasteiger partial charge in [0.15, 0.2) is 5.82 Å². The van der Waals surface area contributed by atoms with Crippen LogP contribution in [0.3, 0.4) is 0 Å². The number of carbonyl (C=O) groups excluding carboxylic acids is 1. The number of halogens is 1. The van der Waals surface area contributed by atoms with E-state index in [0.717, 1.165) is 48.7 Å². The van der Waals surface area contributed by atoms with Gasteiger partial charge in [-0.2, -0.15) is 4.98 Å². The van der Waals surface area contributed by atoms with Gasteiger partial charge in [0.2, 0.25) is 11.9 Å². The number of methoxy groups -OCH3 is 1. The highest BCUT2D eigenvalue weighted by atomic mass is 35.5. The van der Waals surface area contributed by atoms with E-state index < -0.39 is 5.41 Å². The summed E-state index contributed by atoms with van der Waals surface area (Å²) < 4.78 is 5.25. The molecule has 1 saturated heterocycles. The molecule has 0 bridgehead atoms. The van der Waals surface area contributed by atoms with E-state index in [0.29, 0.717) is 29.3 Å². The Bertz CT molecular complexity index is 1300. The third kappa shape index (κ3) is 5.62. The van der Waals surface area contributed by atoms with Crippen molar-refractivity contribution in [2.75, 3.05) is 49.3 Å². The maximum atomic E-state index is 12.4. The molecule has 0 saturated carbocycles. The number of hydrogen-bond donors (Lipinski definition) is 3. The highest BCUT2D eigenvalue weighted by Gasteiger charge is 2.39. The number of benzene rings is 2. The summed E-state index contributed by atoms with van der Waals surface area (Å²) in [4.78, 5) is 23.9. The summed E-state index contributed by atoms with van der Waals surface area (Å²) in [6.07, 6.45) is 4.01. The number of aromatic nitrogens is 2. The van der Waals surface area contributed by atoms with Gasteiger partial charge in [-0.05, 0) is 74.0 Å². The van der Waals surface area contributed by atoms with Crippen LogP contribution in [0.5, 0.6) is 0 Å². The fourth-order valence-corrected chi connectivity index (χ4v) is 5.59. The van der Waals surface area contributed by atoms with Gasteiger partial charge in [-0.25, -0.2) is 4.98 Å². The molecule has 8 nitrogen and oxygen atoms in total. The minimum absolute atomic E-state index is 0.00410. The van der Waals surface area contributed by atoms with Crippen LogP contribution in [0.15, 0.2) is 48.7 Å². The summed E-state index contributed by atoms with van der Waals surface area (Å²) >= 11 is 6.42. The third-order valence-corrected chi connectivity index (χ3v) is 7.81. The molecule has 3 heterocycles. The normalized spacial score (nSPS) is 18.6. The zero-order valence-electron chi connectivity index (χ0n) is 22.2. The zero-order valence-corrected chi connectivity index (χ0v) is 22.9. The molecule has 2 aliphatic heterocycles. The van der Waals surface area contributed by atoms with Crippen LogP contribution in [0, 0.1) is 0 Å². The van der Waals surface area contributed by atoms with E-state index in [1.165, 1.54) is 18.4 Å². The van der Waals surface area contributed by atoms with Crippen LogP contribution in [-0.2, 0) is 21.5 Å². The Kier molecular flexibility index (Phi) is 7.83. The molecule has 38 heavy (non-hydrogen) atoms. The van der Waals surface area contributed by atoms with Crippen molar-refractivity contribution in [1.82, 2.24) is 14.9 Å². The quantitative estimate of drug-likeness (QED) is 0.332. The third-order valence-electron chi connectivity index (χ3n) is 7.54. The molecule has 1 amide bonds. The van der Waals surface area contributed by atoms with Crippen molar-refractivity contribution in [3.8, 4) is 0 Å².